The van der Waals surface area contributed by atoms with Crippen molar-refractivity contribution in [1.29, 1.82) is 0 Å². The highest BCUT2D eigenvalue weighted by Gasteiger charge is 2.27. The van der Waals surface area contributed by atoms with Crippen molar-refractivity contribution in [2.24, 2.45) is 0 Å². The van der Waals surface area contributed by atoms with Crippen LogP contribution in [-0.4, -0.2) is 52.0 Å². The minimum absolute atomic E-state index is 0.0246. The molecule has 0 unspecified atom stereocenters. The van der Waals surface area contributed by atoms with Gasteiger partial charge in [0.25, 0.3) is 5.91 Å². The van der Waals surface area contributed by atoms with Crippen molar-refractivity contribution in [2.45, 2.75) is 50.7 Å². The fourth-order valence-corrected chi connectivity index (χ4v) is 6.99. The monoisotopic (exact) mass is 637 g/mol. The number of hydrogen-bond donors (Lipinski definition) is 2. The third-order valence-corrected chi connectivity index (χ3v) is 9.15. The fourth-order valence-electron chi connectivity index (χ4n) is 4.93. The molecule has 0 radical (unpaired) electrons. The van der Waals surface area contributed by atoms with E-state index in [1.807, 2.05) is 0 Å². The van der Waals surface area contributed by atoms with E-state index in [0.29, 0.717) is 38.5 Å². The minimum atomic E-state index is -0.424. The van der Waals surface area contributed by atoms with Crippen LogP contribution in [0.15, 0.2) is 53.7 Å². The Morgan fingerprint density at radius 3 is 2.64 bits per heavy atom. The van der Waals surface area contributed by atoms with Crippen LogP contribution in [0, 0.1) is 5.82 Å². The number of esters is 1. The number of methoxy groups -OCH3 is 1. The quantitative estimate of drug-likeness (QED) is 0.124. The van der Waals surface area contributed by atoms with Crippen molar-refractivity contribution in [3.63, 3.8) is 0 Å². The van der Waals surface area contributed by atoms with Crippen LogP contribution in [0.1, 0.15) is 63.2 Å². The summed E-state index contributed by atoms with van der Waals surface area (Å²) in [6, 6.07) is 12.5. The number of aryl methyl sites for hydroxylation is 1. The van der Waals surface area contributed by atoms with Gasteiger partial charge in [-0.05, 0) is 80.6 Å². The van der Waals surface area contributed by atoms with Gasteiger partial charge in [0.1, 0.15) is 16.6 Å². The van der Waals surface area contributed by atoms with Crippen molar-refractivity contribution in [2.75, 3.05) is 24.8 Å². The van der Waals surface area contributed by atoms with Gasteiger partial charge in [-0.3, -0.25) is 14.2 Å². The SMILES string of the molecule is CCOC(=O)c1c(NC(=O)CSc2nnc(CNC(=O)c3cccc(OC)c3)n2-c2ccc(F)cc2)sc2c1CCCCC2. The van der Waals surface area contributed by atoms with Crippen molar-refractivity contribution in [3.8, 4) is 11.4 Å². The number of rotatable bonds is 11. The predicted octanol–water partition coefficient (Wildman–Crippen LogP) is 5.58. The molecule has 0 fully saturated rings. The number of thiophene rings is 1. The van der Waals surface area contributed by atoms with Gasteiger partial charge in [0.2, 0.25) is 5.91 Å². The van der Waals surface area contributed by atoms with E-state index in [-0.39, 0.29) is 30.7 Å². The highest BCUT2D eigenvalue weighted by molar-refractivity contribution is 7.99. The summed E-state index contributed by atoms with van der Waals surface area (Å²) < 4.78 is 25.9. The number of aromatic nitrogens is 3. The molecule has 0 atom stereocenters. The highest BCUT2D eigenvalue weighted by Crippen LogP contribution is 2.38. The Bertz CT molecular complexity index is 1650. The van der Waals surface area contributed by atoms with E-state index < -0.39 is 11.8 Å². The first kappa shape index (κ1) is 31.2. The molecule has 13 heteroatoms. The Hall–Kier alpha value is -4.23. The maximum absolute atomic E-state index is 13.7. The second-order valence-corrected chi connectivity index (χ2v) is 12.0. The number of carbonyl (C=O) groups is 3. The van der Waals surface area contributed by atoms with Crippen LogP contribution < -0.4 is 15.4 Å². The number of benzene rings is 2. The van der Waals surface area contributed by atoms with E-state index in [1.165, 1.54) is 30.6 Å². The van der Waals surface area contributed by atoms with Crippen LogP contribution in [0.3, 0.4) is 0 Å². The largest absolute Gasteiger partial charge is 0.497 e. The Morgan fingerprint density at radius 2 is 1.86 bits per heavy atom. The maximum atomic E-state index is 13.7. The lowest BCUT2D eigenvalue weighted by atomic mass is 10.1. The molecule has 2 heterocycles. The van der Waals surface area contributed by atoms with Crippen LogP contribution in [0.5, 0.6) is 5.75 Å². The summed E-state index contributed by atoms with van der Waals surface area (Å²) in [4.78, 5) is 40.0. The van der Waals surface area contributed by atoms with Crippen molar-refractivity contribution in [3.05, 3.63) is 81.7 Å². The van der Waals surface area contributed by atoms with E-state index in [2.05, 4.69) is 20.8 Å². The first-order chi connectivity index (χ1) is 21.4. The van der Waals surface area contributed by atoms with E-state index in [4.69, 9.17) is 9.47 Å². The van der Waals surface area contributed by atoms with Gasteiger partial charge in [-0.25, -0.2) is 9.18 Å². The standard InChI is InChI=1S/C31H32FN5O5S2/c1-3-42-30(40)27-23-10-5-4-6-11-24(23)44-29(27)34-26(38)18-43-31-36-35-25(37(31)21-14-12-20(32)13-15-21)17-33-28(39)19-8-7-9-22(16-19)41-2/h7-9,12-16H,3-6,10-11,17-18H2,1-2H3,(H,33,39)(H,34,38). The summed E-state index contributed by atoms with van der Waals surface area (Å²) in [5, 5.41) is 15.2. The zero-order valence-corrected chi connectivity index (χ0v) is 26.0. The molecule has 2 aromatic heterocycles. The Morgan fingerprint density at radius 1 is 1.07 bits per heavy atom. The lowest BCUT2D eigenvalue weighted by Crippen LogP contribution is -2.24. The second kappa shape index (κ2) is 14.5. The Labute approximate surface area is 262 Å². The molecule has 2 aromatic carbocycles. The number of anilines is 1. The van der Waals surface area contributed by atoms with Gasteiger partial charge >= 0.3 is 5.97 Å². The zero-order chi connectivity index (χ0) is 31.1. The van der Waals surface area contributed by atoms with E-state index in [1.54, 1.807) is 47.9 Å². The van der Waals surface area contributed by atoms with Gasteiger partial charge in [0, 0.05) is 16.1 Å². The van der Waals surface area contributed by atoms with Crippen LogP contribution >= 0.6 is 23.1 Å². The summed E-state index contributed by atoms with van der Waals surface area (Å²) in [6.07, 6.45) is 4.78. The number of hydrogen-bond acceptors (Lipinski definition) is 9. The van der Waals surface area contributed by atoms with Gasteiger partial charge in [-0.2, -0.15) is 0 Å². The predicted molar refractivity (Wildman–Crippen MR) is 166 cm³/mol. The number of ether oxygens (including phenoxy) is 2. The molecule has 0 spiro atoms. The molecular formula is C31H32FN5O5S2. The number of thioether (sulfide) groups is 1. The number of carbonyl (C=O) groups excluding carboxylic acids is 3. The first-order valence-electron chi connectivity index (χ1n) is 14.2. The molecule has 1 aliphatic rings. The van der Waals surface area contributed by atoms with Crippen LogP contribution in [0.25, 0.3) is 5.69 Å². The number of nitrogens with zero attached hydrogens (tertiary/aromatic N) is 3. The molecule has 2 N–H and O–H groups in total. The molecular weight excluding hydrogens is 606 g/mol. The molecule has 2 amide bonds. The first-order valence-corrected chi connectivity index (χ1v) is 16.0. The van der Waals surface area contributed by atoms with Crippen molar-refractivity contribution in [1.82, 2.24) is 20.1 Å². The van der Waals surface area contributed by atoms with E-state index in [9.17, 15) is 18.8 Å². The normalized spacial score (nSPS) is 12.6. The molecule has 44 heavy (non-hydrogen) atoms. The van der Waals surface area contributed by atoms with Crippen LogP contribution in [0.2, 0.25) is 0 Å². The Kier molecular flexibility index (Phi) is 10.3. The summed E-state index contributed by atoms with van der Waals surface area (Å²) in [5.74, 6) is -0.572. The maximum Gasteiger partial charge on any atom is 0.341 e. The molecule has 0 bridgehead atoms. The van der Waals surface area contributed by atoms with E-state index >= 15 is 0 Å². The highest BCUT2D eigenvalue weighted by atomic mass is 32.2. The smallest absolute Gasteiger partial charge is 0.341 e. The van der Waals surface area contributed by atoms with Gasteiger partial charge in [0.15, 0.2) is 11.0 Å². The number of fused-ring (bicyclic) bond motifs is 1. The lowest BCUT2D eigenvalue weighted by molar-refractivity contribution is -0.113. The average Bonchev–Trinajstić information content (AvgIpc) is 3.51. The van der Waals surface area contributed by atoms with Crippen LogP contribution in [-0.2, 0) is 28.9 Å². The molecule has 5 rings (SSSR count). The van der Waals surface area contributed by atoms with Gasteiger partial charge < -0.3 is 20.1 Å². The number of halogens is 1. The molecule has 0 aliphatic heterocycles. The summed E-state index contributed by atoms with van der Waals surface area (Å²) in [5.41, 5.74) is 2.41. The van der Waals surface area contributed by atoms with Gasteiger partial charge in [-0.1, -0.05) is 24.2 Å². The molecule has 0 saturated carbocycles. The summed E-state index contributed by atoms with van der Waals surface area (Å²) in [7, 11) is 1.52. The average molecular weight is 638 g/mol. The van der Waals surface area contributed by atoms with Gasteiger partial charge in [-0.15, -0.1) is 21.5 Å². The van der Waals surface area contributed by atoms with Crippen LogP contribution in [0.4, 0.5) is 9.39 Å². The summed E-state index contributed by atoms with van der Waals surface area (Å²) in [6.45, 7) is 2.03. The lowest BCUT2D eigenvalue weighted by Gasteiger charge is -2.12. The molecule has 10 nitrogen and oxygen atoms in total. The van der Waals surface area contributed by atoms with Crippen molar-refractivity contribution >= 4 is 45.9 Å². The third kappa shape index (κ3) is 7.28. The molecule has 0 saturated heterocycles. The molecule has 1 aliphatic carbocycles. The molecule has 230 valence electrons. The Balaban J connectivity index is 1.33. The topological polar surface area (TPSA) is 124 Å². The van der Waals surface area contributed by atoms with Crippen molar-refractivity contribution < 1.29 is 28.2 Å². The number of nitrogens with one attached hydrogen (secondary N) is 2. The molecule has 4 aromatic rings. The minimum Gasteiger partial charge on any atom is -0.497 e. The zero-order valence-electron chi connectivity index (χ0n) is 24.4. The summed E-state index contributed by atoms with van der Waals surface area (Å²) >= 11 is 2.57. The second-order valence-electron chi connectivity index (χ2n) is 9.95. The number of amides is 2. The third-order valence-electron chi connectivity index (χ3n) is 7.01. The fraction of sp³-hybridized carbons (Fsp3) is 0.323. The van der Waals surface area contributed by atoms with Gasteiger partial charge in [0.05, 0.1) is 31.6 Å². The van der Waals surface area contributed by atoms with E-state index in [0.717, 1.165) is 54.3 Å².